The highest BCUT2D eigenvalue weighted by atomic mass is 16.2. The molecule has 3 aromatic rings. The van der Waals surface area contributed by atoms with E-state index in [0.717, 1.165) is 54.5 Å². The summed E-state index contributed by atoms with van der Waals surface area (Å²) in [4.78, 5) is 32.6. The Labute approximate surface area is 216 Å². The van der Waals surface area contributed by atoms with Crippen molar-refractivity contribution in [2.45, 2.75) is 58.5 Å². The monoisotopic (exact) mass is 494 g/mol. The number of pyridine rings is 1. The van der Waals surface area contributed by atoms with E-state index in [9.17, 15) is 14.9 Å². The lowest BCUT2D eigenvalue weighted by Crippen LogP contribution is -2.34. The second-order valence-electron chi connectivity index (χ2n) is 10.9. The Bertz CT molecular complexity index is 1440. The number of benzene rings is 1. The quantitative estimate of drug-likeness (QED) is 0.519. The lowest BCUT2D eigenvalue weighted by Gasteiger charge is -2.23. The molecular weight excluding hydrogens is 464 g/mol. The van der Waals surface area contributed by atoms with E-state index >= 15 is 0 Å². The van der Waals surface area contributed by atoms with Crippen molar-refractivity contribution in [3.63, 3.8) is 0 Å². The minimum atomic E-state index is -0.313. The molecule has 0 bridgehead atoms. The minimum absolute atomic E-state index is 0.151. The fourth-order valence-corrected chi connectivity index (χ4v) is 5.45. The van der Waals surface area contributed by atoms with Gasteiger partial charge in [-0.2, -0.15) is 10.4 Å². The number of aromatic nitrogens is 3. The van der Waals surface area contributed by atoms with Gasteiger partial charge < -0.3 is 10.2 Å². The van der Waals surface area contributed by atoms with Crippen LogP contribution in [0.1, 0.15) is 72.4 Å². The van der Waals surface area contributed by atoms with Crippen molar-refractivity contribution in [3.8, 4) is 17.2 Å². The summed E-state index contributed by atoms with van der Waals surface area (Å²) in [5.41, 5.74) is 4.62. The molecule has 1 saturated heterocycles. The molecule has 8 heteroatoms. The van der Waals surface area contributed by atoms with Crippen LogP contribution in [-0.4, -0.2) is 33.1 Å². The molecule has 3 aliphatic rings. The lowest BCUT2D eigenvalue weighted by molar-refractivity contribution is -0.125. The van der Waals surface area contributed by atoms with Crippen LogP contribution in [0, 0.1) is 29.6 Å². The Balaban J connectivity index is 1.19. The van der Waals surface area contributed by atoms with Gasteiger partial charge in [0.2, 0.25) is 5.91 Å². The first-order chi connectivity index (χ1) is 17.8. The number of amides is 2. The van der Waals surface area contributed by atoms with E-state index in [2.05, 4.69) is 28.4 Å². The van der Waals surface area contributed by atoms with Gasteiger partial charge in [-0.05, 0) is 86.4 Å². The van der Waals surface area contributed by atoms with Crippen LogP contribution in [0.25, 0.3) is 11.1 Å². The summed E-state index contributed by atoms with van der Waals surface area (Å²) in [6.45, 7) is 4.84. The third kappa shape index (κ3) is 4.50. The maximum absolute atomic E-state index is 13.2. The van der Waals surface area contributed by atoms with Crippen molar-refractivity contribution >= 4 is 17.5 Å². The molecule has 2 aromatic heterocycles. The molecule has 37 heavy (non-hydrogen) atoms. The molecule has 2 saturated carbocycles. The Morgan fingerprint density at radius 2 is 1.97 bits per heavy atom. The summed E-state index contributed by atoms with van der Waals surface area (Å²) in [6.07, 6.45) is 9.23. The van der Waals surface area contributed by atoms with Crippen molar-refractivity contribution in [1.82, 2.24) is 20.1 Å². The van der Waals surface area contributed by atoms with Gasteiger partial charge >= 0.3 is 0 Å². The molecule has 2 amide bonds. The number of carbonyl (C=O) groups is 2. The average molecular weight is 495 g/mol. The van der Waals surface area contributed by atoms with Crippen LogP contribution in [0.5, 0.6) is 0 Å². The first kappa shape index (κ1) is 23.4. The predicted molar refractivity (Wildman–Crippen MR) is 139 cm³/mol. The third-order valence-electron chi connectivity index (χ3n) is 7.98. The van der Waals surface area contributed by atoms with Crippen molar-refractivity contribution in [2.24, 2.45) is 11.3 Å². The van der Waals surface area contributed by atoms with Gasteiger partial charge in [-0.1, -0.05) is 6.92 Å². The standard InChI is InChI=1S/C29H30N6O2/c1-18-9-25(34-8-7-29(2,28(34)37)23-3-4-23)13-26(33-18)27(36)31-15-20-10-19(14-30)11-21(12-20)22-16-32-35(17-22)24-5-6-24/h9-13,16-17,23-24H,3-8,15H2,1-2H3,(H,31,36)/t29-/m0/s1. The second-order valence-corrected chi connectivity index (χ2v) is 10.9. The molecule has 188 valence electrons. The molecule has 6 rings (SSSR count). The fourth-order valence-electron chi connectivity index (χ4n) is 5.45. The zero-order valence-electron chi connectivity index (χ0n) is 21.2. The van der Waals surface area contributed by atoms with E-state index in [1.54, 1.807) is 12.1 Å². The molecule has 1 aliphatic heterocycles. The molecule has 1 atom stereocenters. The predicted octanol–water partition coefficient (Wildman–Crippen LogP) is 4.54. The first-order valence-electron chi connectivity index (χ1n) is 13.0. The Kier molecular flexibility index (Phi) is 5.59. The number of hydrogen-bond acceptors (Lipinski definition) is 5. The van der Waals surface area contributed by atoms with E-state index in [-0.39, 0.29) is 29.5 Å². The molecule has 0 radical (unpaired) electrons. The number of nitriles is 1. The summed E-state index contributed by atoms with van der Waals surface area (Å²) in [6, 6.07) is 11.9. The zero-order valence-corrected chi connectivity index (χ0v) is 21.2. The third-order valence-corrected chi connectivity index (χ3v) is 7.98. The molecular formula is C29H30N6O2. The maximum Gasteiger partial charge on any atom is 0.270 e. The van der Waals surface area contributed by atoms with Gasteiger partial charge in [0, 0.05) is 36.2 Å². The molecule has 0 spiro atoms. The van der Waals surface area contributed by atoms with Crippen LogP contribution in [0.15, 0.2) is 42.7 Å². The van der Waals surface area contributed by atoms with E-state index < -0.39 is 0 Å². The molecule has 2 aliphatic carbocycles. The van der Waals surface area contributed by atoms with Crippen molar-refractivity contribution in [3.05, 3.63) is 65.2 Å². The van der Waals surface area contributed by atoms with E-state index in [1.165, 1.54) is 0 Å². The van der Waals surface area contributed by atoms with Gasteiger partial charge in [0.25, 0.3) is 5.91 Å². The van der Waals surface area contributed by atoms with Gasteiger partial charge in [-0.15, -0.1) is 0 Å². The second kappa shape index (κ2) is 8.84. The summed E-state index contributed by atoms with van der Waals surface area (Å²) >= 11 is 0. The maximum atomic E-state index is 13.2. The van der Waals surface area contributed by atoms with Crippen LogP contribution >= 0.6 is 0 Å². The Morgan fingerprint density at radius 1 is 1.16 bits per heavy atom. The zero-order chi connectivity index (χ0) is 25.7. The number of hydrogen-bond donors (Lipinski definition) is 1. The largest absolute Gasteiger partial charge is 0.347 e. The molecule has 1 N–H and O–H groups in total. The summed E-state index contributed by atoms with van der Waals surface area (Å²) in [7, 11) is 0. The van der Waals surface area contributed by atoms with Crippen LogP contribution in [-0.2, 0) is 11.3 Å². The van der Waals surface area contributed by atoms with Gasteiger partial charge in [0.05, 0.1) is 29.3 Å². The van der Waals surface area contributed by atoms with Crippen LogP contribution in [0.4, 0.5) is 5.69 Å². The first-order valence-corrected chi connectivity index (χ1v) is 13.0. The molecule has 3 heterocycles. The van der Waals surface area contributed by atoms with Gasteiger partial charge in [0.1, 0.15) is 5.69 Å². The Hall–Kier alpha value is -3.99. The summed E-state index contributed by atoms with van der Waals surface area (Å²) < 4.78 is 1.98. The van der Waals surface area contributed by atoms with Crippen LogP contribution in [0.2, 0.25) is 0 Å². The Morgan fingerprint density at radius 3 is 2.70 bits per heavy atom. The van der Waals surface area contributed by atoms with Crippen molar-refractivity contribution in [2.75, 3.05) is 11.4 Å². The highest BCUT2D eigenvalue weighted by molar-refractivity contribution is 6.01. The summed E-state index contributed by atoms with van der Waals surface area (Å²) in [5, 5.41) is 17.0. The highest BCUT2D eigenvalue weighted by Crippen LogP contribution is 2.52. The van der Waals surface area contributed by atoms with E-state index in [4.69, 9.17) is 0 Å². The van der Waals surface area contributed by atoms with Crippen LogP contribution in [0.3, 0.4) is 0 Å². The molecule has 0 unspecified atom stereocenters. The van der Waals surface area contributed by atoms with Crippen molar-refractivity contribution < 1.29 is 9.59 Å². The van der Waals surface area contributed by atoms with E-state index in [1.807, 2.05) is 47.1 Å². The molecule has 8 nitrogen and oxygen atoms in total. The topological polar surface area (TPSA) is 104 Å². The number of nitrogens with one attached hydrogen (secondary N) is 1. The number of nitrogens with zero attached hydrogens (tertiary/aromatic N) is 5. The van der Waals surface area contributed by atoms with Gasteiger partial charge in [-0.25, -0.2) is 4.98 Å². The fraction of sp³-hybridized carbons (Fsp3) is 0.414. The van der Waals surface area contributed by atoms with E-state index in [0.29, 0.717) is 29.8 Å². The molecule has 3 fully saturated rings. The minimum Gasteiger partial charge on any atom is -0.347 e. The van der Waals surface area contributed by atoms with Gasteiger partial charge in [-0.3, -0.25) is 14.3 Å². The summed E-state index contributed by atoms with van der Waals surface area (Å²) in [5.74, 6) is 0.317. The average Bonchev–Trinajstić information content (AvgIpc) is 3.84. The highest BCUT2D eigenvalue weighted by Gasteiger charge is 2.52. The number of rotatable bonds is 7. The SMILES string of the molecule is Cc1cc(N2CC[C@@](C)(C3CC3)C2=O)cc(C(=O)NCc2cc(C#N)cc(-c3cnn(C4CC4)c3)c2)n1. The lowest BCUT2D eigenvalue weighted by atomic mass is 9.83. The number of aryl methyl sites for hydroxylation is 1. The number of anilines is 1. The molecule has 1 aromatic carbocycles. The normalized spacial score (nSPS) is 21.2. The van der Waals surface area contributed by atoms with Gasteiger partial charge in [0.15, 0.2) is 0 Å². The van der Waals surface area contributed by atoms with Crippen LogP contribution < -0.4 is 10.2 Å². The number of carbonyl (C=O) groups excluding carboxylic acids is 2. The smallest absolute Gasteiger partial charge is 0.270 e. The van der Waals surface area contributed by atoms with Crippen molar-refractivity contribution in [1.29, 1.82) is 5.26 Å².